The lowest BCUT2D eigenvalue weighted by Gasteiger charge is -2.21. The second-order valence-electron chi connectivity index (χ2n) is 9.32. The average molecular weight is 1110 g/mol. The minimum absolute atomic E-state index is 0.125. The molecule has 0 fully saturated rings. The predicted octanol–water partition coefficient (Wildman–Crippen LogP) is 11.8. The molecule has 0 saturated carbocycles. The van der Waals surface area contributed by atoms with Crippen molar-refractivity contribution in [2.75, 3.05) is 0 Å². The van der Waals surface area contributed by atoms with E-state index in [1.807, 2.05) is 24.3 Å². The molecule has 0 aromatic heterocycles. The van der Waals surface area contributed by atoms with Crippen LogP contribution in [-0.4, -0.2) is 12.7 Å². The van der Waals surface area contributed by atoms with Crippen molar-refractivity contribution in [3.63, 3.8) is 0 Å². The molecular weight excluding hydrogens is 1090 g/mol. The molecule has 3 aromatic carbocycles. The Kier molecular flexibility index (Phi) is 19.8. The van der Waals surface area contributed by atoms with Crippen molar-refractivity contribution in [2.24, 2.45) is 0 Å². The van der Waals surface area contributed by atoms with Crippen LogP contribution in [0.4, 0.5) is 26.3 Å². The third-order valence-electron chi connectivity index (χ3n) is 6.10. The average Bonchev–Trinajstić information content (AvgIpc) is 3.06. The summed E-state index contributed by atoms with van der Waals surface area (Å²) in [6.07, 6.45) is -10.3. The highest BCUT2D eigenvalue weighted by Gasteiger charge is 2.40. The Labute approximate surface area is 343 Å². The van der Waals surface area contributed by atoms with E-state index >= 15 is 0 Å². The summed E-state index contributed by atoms with van der Waals surface area (Å²) >= 11 is 18.9. The van der Waals surface area contributed by atoms with Gasteiger partial charge in [-0.2, -0.15) is 31.6 Å². The lowest BCUT2D eigenvalue weighted by molar-refractivity contribution is -0.287. The maximum atomic E-state index is 12.5. The minimum atomic E-state index is -5.31. The molecule has 0 unspecified atom stereocenters. The molecule has 3 rings (SSSR count). The maximum Gasteiger partial charge on any atom is 0.573 e. The van der Waals surface area contributed by atoms with Gasteiger partial charge in [0.15, 0.2) is 11.5 Å². The van der Waals surface area contributed by atoms with E-state index in [0.29, 0.717) is 25.7 Å². The van der Waals surface area contributed by atoms with Crippen molar-refractivity contribution in [3.05, 3.63) is 84.5 Å². The zero-order chi connectivity index (χ0) is 39.8. The highest BCUT2D eigenvalue weighted by molar-refractivity contribution is 9.11. The quantitative estimate of drug-likeness (QED) is 0.201. The van der Waals surface area contributed by atoms with Crippen LogP contribution in [0.25, 0.3) is 0 Å². The highest BCUT2D eigenvalue weighted by Crippen LogP contribution is 2.50. The highest BCUT2D eigenvalue weighted by atomic mass is 79.9. The summed E-state index contributed by atoms with van der Waals surface area (Å²) in [4.78, 5) is 0. The second-order valence-corrected chi connectivity index (χ2v) is 14.3. The topological polar surface area (TPSA) is 161 Å². The molecular formula is C32H16Br6F6N6O2. The van der Waals surface area contributed by atoms with E-state index < -0.39 is 46.0 Å². The number of nitriles is 6. The van der Waals surface area contributed by atoms with E-state index in [-0.39, 0.29) is 11.1 Å². The first kappa shape index (κ1) is 46.7. The smallest absolute Gasteiger partial charge is 0.401 e. The largest absolute Gasteiger partial charge is 0.573 e. The van der Waals surface area contributed by atoms with Gasteiger partial charge >= 0.3 is 12.7 Å². The van der Waals surface area contributed by atoms with Gasteiger partial charge in [-0.3, -0.25) is 0 Å². The van der Waals surface area contributed by atoms with Crippen molar-refractivity contribution in [2.45, 2.75) is 51.2 Å². The monoisotopic (exact) mass is 1100 g/mol. The van der Waals surface area contributed by atoms with Gasteiger partial charge in [0.2, 0.25) is 0 Å². The first-order valence-corrected chi connectivity index (χ1v) is 18.2. The number of halogens is 12. The van der Waals surface area contributed by atoms with Crippen LogP contribution in [0.1, 0.15) is 33.4 Å². The first-order valence-electron chi connectivity index (χ1n) is 13.5. The Morgan fingerprint density at radius 2 is 0.596 bits per heavy atom. The number of hydrogen-bond donors (Lipinski definition) is 0. The van der Waals surface area contributed by atoms with Crippen LogP contribution < -0.4 is 9.47 Å². The lowest BCUT2D eigenvalue weighted by atomic mass is 10.0. The predicted molar refractivity (Wildman–Crippen MR) is 195 cm³/mol. The Hall–Kier alpha value is -3.34. The molecule has 0 N–H and O–H groups in total. The van der Waals surface area contributed by atoms with Gasteiger partial charge in [0.1, 0.15) is 0 Å². The van der Waals surface area contributed by atoms with E-state index in [2.05, 4.69) is 129 Å². The molecule has 52 heavy (non-hydrogen) atoms. The van der Waals surface area contributed by atoms with Crippen molar-refractivity contribution < 1.29 is 35.8 Å². The first-order chi connectivity index (χ1) is 24.3. The van der Waals surface area contributed by atoms with Gasteiger partial charge in [-0.1, -0.05) is 63.7 Å². The summed E-state index contributed by atoms with van der Waals surface area (Å²) in [6, 6.07) is 19.2. The summed E-state index contributed by atoms with van der Waals surface area (Å²) < 4.78 is 84.8. The number of rotatable bonds is 8. The van der Waals surface area contributed by atoms with E-state index in [4.69, 9.17) is 31.6 Å². The van der Waals surface area contributed by atoms with Crippen LogP contribution >= 0.6 is 95.6 Å². The van der Waals surface area contributed by atoms with E-state index in [0.717, 1.165) is 40.1 Å². The van der Waals surface area contributed by atoms with Crippen LogP contribution in [0.15, 0.2) is 51.1 Å². The van der Waals surface area contributed by atoms with Gasteiger partial charge in [-0.25, -0.2) is 0 Å². The van der Waals surface area contributed by atoms with Gasteiger partial charge in [0.05, 0.1) is 83.9 Å². The summed E-state index contributed by atoms with van der Waals surface area (Å²) in [5.41, 5.74) is 3.32. The Bertz CT molecular complexity index is 1810. The molecule has 0 bridgehead atoms. The fourth-order valence-corrected chi connectivity index (χ4v) is 7.36. The zero-order valence-electron chi connectivity index (χ0n) is 25.6. The Balaban J connectivity index is 0.000000414. The van der Waals surface area contributed by atoms with Gasteiger partial charge < -0.3 is 9.47 Å². The van der Waals surface area contributed by atoms with Crippen LogP contribution in [-0.2, 0) is 38.5 Å². The molecule has 8 nitrogen and oxygen atoms in total. The Morgan fingerprint density at radius 1 is 0.404 bits per heavy atom. The van der Waals surface area contributed by atoms with Gasteiger partial charge in [-0.05, 0) is 89.5 Å². The van der Waals surface area contributed by atoms with Crippen LogP contribution in [0.3, 0.4) is 0 Å². The summed E-state index contributed by atoms with van der Waals surface area (Å²) in [7, 11) is 0. The molecule has 0 saturated heterocycles. The van der Waals surface area contributed by atoms with E-state index in [9.17, 15) is 26.3 Å². The molecule has 270 valence electrons. The van der Waals surface area contributed by atoms with Crippen LogP contribution in [0, 0.1) is 68.0 Å². The standard InChI is InChI=1S/C12H4Br2F6N2O2.2C10H6Br2N2/c13-7-5(1-3-21)6(2-4-22)8(14)10(24-12(18,19)20)9(7)23-11(15,16)17;2*11-9-1-2-10(12)8(4-6-14)7(9)3-5-13/h1-2H2;2*1-2H,3-4H2. The number of benzene rings is 3. The van der Waals surface area contributed by atoms with Crippen molar-refractivity contribution in [1.82, 2.24) is 0 Å². The molecule has 20 heteroatoms. The van der Waals surface area contributed by atoms with Crippen LogP contribution in [0.5, 0.6) is 11.5 Å². The van der Waals surface area contributed by atoms with Gasteiger partial charge in [0.25, 0.3) is 0 Å². The second kappa shape index (κ2) is 22.0. The lowest BCUT2D eigenvalue weighted by Crippen LogP contribution is -2.22. The summed E-state index contributed by atoms with van der Waals surface area (Å²) in [5.74, 6) is -2.61. The maximum absolute atomic E-state index is 12.5. The van der Waals surface area contributed by atoms with E-state index in [1.165, 1.54) is 0 Å². The number of nitrogens with zero attached hydrogens (tertiary/aromatic N) is 6. The fraction of sp³-hybridized carbons (Fsp3) is 0.250. The molecule has 0 aliphatic carbocycles. The van der Waals surface area contributed by atoms with Gasteiger partial charge in [-0.15, -0.1) is 26.3 Å². The molecule has 0 amide bonds. The summed E-state index contributed by atoms with van der Waals surface area (Å²) in [5, 5.41) is 52.2. The third kappa shape index (κ3) is 14.2. The SMILES string of the molecule is N#CCc1c(Br)c(OC(F)(F)F)c(OC(F)(F)F)c(Br)c1CC#N.N#CCc1c(Br)ccc(Br)c1CC#N.N#CCc1c(Br)ccc(Br)c1CC#N. The molecule has 0 spiro atoms. The third-order valence-corrected chi connectivity index (χ3v) is 10.8. The fourth-order valence-electron chi connectivity index (χ4n) is 4.03. The number of alkyl halides is 6. The van der Waals surface area contributed by atoms with Crippen LogP contribution in [0.2, 0.25) is 0 Å². The van der Waals surface area contributed by atoms with Gasteiger partial charge in [0, 0.05) is 17.9 Å². The molecule has 0 radical (unpaired) electrons. The van der Waals surface area contributed by atoms with E-state index in [1.54, 1.807) is 12.1 Å². The van der Waals surface area contributed by atoms with Crippen molar-refractivity contribution in [3.8, 4) is 47.9 Å². The minimum Gasteiger partial charge on any atom is -0.401 e. The number of hydrogen-bond acceptors (Lipinski definition) is 8. The molecule has 0 atom stereocenters. The zero-order valence-corrected chi connectivity index (χ0v) is 35.1. The molecule has 0 aliphatic rings. The van der Waals surface area contributed by atoms with Crippen molar-refractivity contribution in [1.29, 1.82) is 31.6 Å². The molecule has 3 aromatic rings. The number of ether oxygens (including phenoxy) is 2. The van der Waals surface area contributed by atoms with Crippen molar-refractivity contribution >= 4 is 95.6 Å². The molecule has 0 heterocycles. The molecule has 0 aliphatic heterocycles. The Morgan fingerprint density at radius 3 is 0.769 bits per heavy atom. The summed E-state index contributed by atoms with van der Waals surface area (Å²) in [6.45, 7) is 0. The normalized spacial score (nSPS) is 10.3.